The first-order valence-corrected chi connectivity index (χ1v) is 7.83. The number of halogens is 1. The third-order valence-corrected chi connectivity index (χ3v) is 4.49. The smallest absolute Gasteiger partial charge is 0.0346 e. The van der Waals surface area contributed by atoms with Crippen LogP contribution in [0.25, 0.3) is 0 Å². The molecule has 3 heteroatoms. The van der Waals surface area contributed by atoms with Crippen LogP contribution in [0.4, 0.5) is 5.69 Å². The Hall–Kier alpha value is -0.150. The maximum Gasteiger partial charge on any atom is 0.0346 e. The van der Waals surface area contributed by atoms with Crippen LogP contribution in [0.5, 0.6) is 0 Å². The minimum Gasteiger partial charge on any atom is -0.385 e. The van der Waals surface area contributed by atoms with E-state index < -0.39 is 0 Å². The Morgan fingerprint density at radius 3 is 2.38 bits per heavy atom. The van der Waals surface area contributed by atoms with Crippen LogP contribution in [0, 0.1) is 13.8 Å². The molecule has 0 unspecified atom stereocenters. The Bertz CT molecular complexity index is 316. The minimum absolute atomic E-state index is 1.07. The van der Waals surface area contributed by atoms with Gasteiger partial charge in [-0.15, -0.1) is 0 Å². The van der Waals surface area contributed by atoms with Gasteiger partial charge in [0.25, 0.3) is 0 Å². The van der Waals surface area contributed by atoms with E-state index in [1.54, 1.807) is 0 Å². The highest BCUT2D eigenvalue weighted by Gasteiger charge is 2.01. The highest BCUT2D eigenvalue weighted by Crippen LogP contribution is 2.24. The lowest BCUT2D eigenvalue weighted by Crippen LogP contribution is -2.02. The molecule has 0 aliphatic rings. The standard InChI is InChI=1S/C13H20BrNS/c1-10-8-12(9-11(2)13(10)14)15-6-4-5-7-16-3/h8-9,15H,4-7H2,1-3H3. The van der Waals surface area contributed by atoms with Crippen molar-refractivity contribution in [2.75, 3.05) is 23.9 Å². The predicted octanol–water partition coefficient (Wildman–Crippen LogP) is 4.62. The minimum atomic E-state index is 1.07. The summed E-state index contributed by atoms with van der Waals surface area (Å²) in [5.74, 6) is 1.26. The lowest BCUT2D eigenvalue weighted by Gasteiger charge is -2.10. The molecule has 0 heterocycles. The molecule has 16 heavy (non-hydrogen) atoms. The summed E-state index contributed by atoms with van der Waals surface area (Å²) >= 11 is 5.51. The molecule has 0 spiro atoms. The van der Waals surface area contributed by atoms with Crippen LogP contribution in [0.3, 0.4) is 0 Å². The second-order valence-corrected chi connectivity index (χ2v) is 5.83. The number of rotatable bonds is 6. The average molecular weight is 302 g/mol. The van der Waals surface area contributed by atoms with Gasteiger partial charge in [0, 0.05) is 16.7 Å². The van der Waals surface area contributed by atoms with Crippen molar-refractivity contribution in [1.82, 2.24) is 0 Å². The van der Waals surface area contributed by atoms with Crippen LogP contribution < -0.4 is 5.32 Å². The van der Waals surface area contributed by atoms with Crippen LogP contribution in [0.1, 0.15) is 24.0 Å². The van der Waals surface area contributed by atoms with Gasteiger partial charge in [-0.3, -0.25) is 0 Å². The number of unbranched alkanes of at least 4 members (excludes halogenated alkanes) is 1. The van der Waals surface area contributed by atoms with Crippen molar-refractivity contribution in [2.24, 2.45) is 0 Å². The number of hydrogen-bond donors (Lipinski definition) is 1. The molecule has 0 aliphatic heterocycles. The molecule has 0 amide bonds. The highest BCUT2D eigenvalue weighted by atomic mass is 79.9. The fourth-order valence-corrected chi connectivity index (χ4v) is 2.37. The van der Waals surface area contributed by atoms with Crippen molar-refractivity contribution < 1.29 is 0 Å². The molecule has 0 bridgehead atoms. The third-order valence-electron chi connectivity index (χ3n) is 2.54. The first kappa shape index (κ1) is 13.9. The molecule has 0 saturated heterocycles. The third kappa shape index (κ3) is 4.38. The van der Waals surface area contributed by atoms with Gasteiger partial charge in [-0.2, -0.15) is 11.8 Å². The topological polar surface area (TPSA) is 12.0 Å². The van der Waals surface area contributed by atoms with Crippen molar-refractivity contribution in [1.29, 1.82) is 0 Å². The first-order valence-electron chi connectivity index (χ1n) is 5.64. The van der Waals surface area contributed by atoms with Crippen LogP contribution in [-0.4, -0.2) is 18.6 Å². The second kappa shape index (κ2) is 7.23. The van der Waals surface area contributed by atoms with E-state index in [-0.39, 0.29) is 0 Å². The quantitative estimate of drug-likeness (QED) is 0.769. The van der Waals surface area contributed by atoms with Crippen LogP contribution in [0.2, 0.25) is 0 Å². The lowest BCUT2D eigenvalue weighted by atomic mass is 10.1. The van der Waals surface area contributed by atoms with E-state index in [2.05, 4.69) is 53.5 Å². The van der Waals surface area contributed by atoms with E-state index >= 15 is 0 Å². The van der Waals surface area contributed by atoms with Crippen molar-refractivity contribution in [3.8, 4) is 0 Å². The molecule has 1 nitrogen and oxygen atoms in total. The molecule has 1 rings (SSSR count). The van der Waals surface area contributed by atoms with Crippen LogP contribution in [0.15, 0.2) is 16.6 Å². The Morgan fingerprint density at radius 2 is 1.81 bits per heavy atom. The number of benzene rings is 1. The van der Waals surface area contributed by atoms with Crippen LogP contribution >= 0.6 is 27.7 Å². The molecule has 90 valence electrons. The molecule has 1 aromatic carbocycles. The highest BCUT2D eigenvalue weighted by molar-refractivity contribution is 9.10. The molecule has 0 radical (unpaired) electrons. The maximum atomic E-state index is 3.59. The number of aryl methyl sites for hydroxylation is 2. The molecule has 0 saturated carbocycles. The summed E-state index contributed by atoms with van der Waals surface area (Å²) in [5, 5.41) is 3.48. The predicted molar refractivity (Wildman–Crippen MR) is 79.7 cm³/mol. The molecule has 0 aliphatic carbocycles. The van der Waals surface area contributed by atoms with Crippen molar-refractivity contribution in [3.05, 3.63) is 27.7 Å². The molecule has 1 N–H and O–H groups in total. The number of hydrogen-bond acceptors (Lipinski definition) is 2. The van der Waals surface area contributed by atoms with Gasteiger partial charge in [0.05, 0.1) is 0 Å². The Morgan fingerprint density at radius 1 is 1.19 bits per heavy atom. The molecule has 0 atom stereocenters. The molecular weight excluding hydrogens is 282 g/mol. The van der Waals surface area contributed by atoms with E-state index in [1.165, 1.54) is 39.9 Å². The van der Waals surface area contributed by atoms with Crippen molar-refractivity contribution in [3.63, 3.8) is 0 Å². The monoisotopic (exact) mass is 301 g/mol. The van der Waals surface area contributed by atoms with Gasteiger partial charge in [-0.05, 0) is 62.0 Å². The molecule has 0 fully saturated rings. The summed E-state index contributed by atoms with van der Waals surface area (Å²) in [6, 6.07) is 4.40. The van der Waals surface area contributed by atoms with Gasteiger partial charge in [-0.25, -0.2) is 0 Å². The summed E-state index contributed by atoms with van der Waals surface area (Å²) in [6.45, 7) is 5.34. The fourth-order valence-electron chi connectivity index (χ4n) is 1.65. The Kier molecular flexibility index (Phi) is 6.29. The van der Waals surface area contributed by atoms with Gasteiger partial charge in [0.2, 0.25) is 0 Å². The average Bonchev–Trinajstić information content (AvgIpc) is 2.25. The largest absolute Gasteiger partial charge is 0.385 e. The van der Waals surface area contributed by atoms with Gasteiger partial charge in [0.1, 0.15) is 0 Å². The number of anilines is 1. The number of nitrogens with one attached hydrogen (secondary N) is 1. The summed E-state index contributed by atoms with van der Waals surface area (Å²) in [5.41, 5.74) is 3.83. The second-order valence-electron chi connectivity index (χ2n) is 4.05. The summed E-state index contributed by atoms with van der Waals surface area (Å²) in [6.07, 6.45) is 4.70. The molecule has 1 aromatic rings. The zero-order valence-electron chi connectivity index (χ0n) is 10.3. The van der Waals surface area contributed by atoms with E-state index in [0.717, 1.165) is 6.54 Å². The summed E-state index contributed by atoms with van der Waals surface area (Å²) in [7, 11) is 0. The Balaban J connectivity index is 2.43. The zero-order chi connectivity index (χ0) is 12.0. The lowest BCUT2D eigenvalue weighted by molar-refractivity contribution is 0.843. The summed E-state index contributed by atoms with van der Waals surface area (Å²) < 4.78 is 1.22. The fraction of sp³-hybridized carbons (Fsp3) is 0.538. The molecular formula is C13H20BrNS. The van der Waals surface area contributed by atoms with Gasteiger partial charge < -0.3 is 5.32 Å². The maximum absolute atomic E-state index is 3.59. The van der Waals surface area contributed by atoms with Gasteiger partial charge >= 0.3 is 0 Å². The van der Waals surface area contributed by atoms with Crippen molar-refractivity contribution in [2.45, 2.75) is 26.7 Å². The van der Waals surface area contributed by atoms with E-state index in [4.69, 9.17) is 0 Å². The van der Waals surface area contributed by atoms with Crippen molar-refractivity contribution >= 4 is 33.4 Å². The Labute approximate surface area is 112 Å². The zero-order valence-corrected chi connectivity index (χ0v) is 12.7. The van der Waals surface area contributed by atoms with Gasteiger partial charge in [0.15, 0.2) is 0 Å². The summed E-state index contributed by atoms with van der Waals surface area (Å²) in [4.78, 5) is 0. The van der Waals surface area contributed by atoms with E-state index in [1.807, 2.05) is 11.8 Å². The van der Waals surface area contributed by atoms with Crippen LogP contribution in [-0.2, 0) is 0 Å². The normalized spacial score (nSPS) is 10.5. The molecule has 0 aromatic heterocycles. The number of thioether (sulfide) groups is 1. The SMILES string of the molecule is CSCCCCNc1cc(C)c(Br)c(C)c1. The van der Waals surface area contributed by atoms with E-state index in [9.17, 15) is 0 Å². The van der Waals surface area contributed by atoms with E-state index in [0.29, 0.717) is 0 Å². The first-order chi connectivity index (χ1) is 7.65. The van der Waals surface area contributed by atoms with Gasteiger partial charge in [-0.1, -0.05) is 15.9 Å².